The van der Waals surface area contributed by atoms with Gasteiger partial charge in [0.1, 0.15) is 11.5 Å². The fourth-order valence-electron chi connectivity index (χ4n) is 1.03. The van der Waals surface area contributed by atoms with Crippen LogP contribution in [0.3, 0.4) is 0 Å². The smallest absolute Gasteiger partial charge is 0.114 e. The van der Waals surface area contributed by atoms with Crippen molar-refractivity contribution in [2.75, 3.05) is 11.1 Å². The van der Waals surface area contributed by atoms with E-state index in [2.05, 4.69) is 22.9 Å². The zero-order valence-electron chi connectivity index (χ0n) is 8.20. The van der Waals surface area contributed by atoms with E-state index in [1.54, 1.807) is 11.8 Å². The average Bonchev–Trinajstić information content (AvgIpc) is 2.65. The van der Waals surface area contributed by atoms with E-state index in [0.29, 0.717) is 5.33 Å². The Bertz CT molecular complexity index is 262. The van der Waals surface area contributed by atoms with Crippen LogP contribution in [0.4, 0.5) is 0 Å². The minimum absolute atomic E-state index is 0.263. The molecule has 1 aromatic rings. The molecule has 0 saturated heterocycles. The molecular weight excluding hydrogens is 264 g/mol. The molecule has 0 radical (unpaired) electrons. The molecule has 0 aliphatic rings. The first kappa shape index (κ1) is 12.1. The van der Waals surface area contributed by atoms with E-state index in [4.69, 9.17) is 4.42 Å². The van der Waals surface area contributed by atoms with E-state index in [0.717, 1.165) is 29.4 Å². The topological polar surface area (TPSA) is 33.4 Å². The van der Waals surface area contributed by atoms with Crippen molar-refractivity contribution in [3.8, 4) is 0 Å². The van der Waals surface area contributed by atoms with Gasteiger partial charge < -0.3 is 9.52 Å². The highest BCUT2D eigenvalue weighted by Gasteiger charge is 2.04. The number of thioether (sulfide) groups is 1. The van der Waals surface area contributed by atoms with E-state index >= 15 is 0 Å². The van der Waals surface area contributed by atoms with Gasteiger partial charge in [-0.2, -0.15) is 11.8 Å². The van der Waals surface area contributed by atoms with Crippen molar-refractivity contribution in [1.29, 1.82) is 0 Å². The number of furan rings is 1. The molecule has 0 aliphatic carbocycles. The van der Waals surface area contributed by atoms with Crippen LogP contribution in [0.5, 0.6) is 0 Å². The number of aryl methyl sites for hydroxylation is 1. The van der Waals surface area contributed by atoms with Crippen LogP contribution < -0.4 is 0 Å². The maximum atomic E-state index is 9.29. The average molecular weight is 279 g/mol. The van der Waals surface area contributed by atoms with Crippen LogP contribution >= 0.6 is 27.7 Å². The zero-order chi connectivity index (χ0) is 10.4. The van der Waals surface area contributed by atoms with Crippen LogP contribution in [0.2, 0.25) is 0 Å². The van der Waals surface area contributed by atoms with Gasteiger partial charge in [-0.15, -0.1) is 0 Å². The molecule has 0 spiro atoms. The van der Waals surface area contributed by atoms with Gasteiger partial charge in [-0.25, -0.2) is 0 Å². The highest BCUT2D eigenvalue weighted by atomic mass is 79.9. The molecular formula is C10H15BrO2S. The Labute approximate surface area is 97.2 Å². The van der Waals surface area contributed by atoms with Crippen molar-refractivity contribution in [3.05, 3.63) is 23.7 Å². The monoisotopic (exact) mass is 278 g/mol. The summed E-state index contributed by atoms with van der Waals surface area (Å²) >= 11 is 4.92. The molecule has 1 N–H and O–H groups in total. The van der Waals surface area contributed by atoms with Crippen molar-refractivity contribution < 1.29 is 9.52 Å². The van der Waals surface area contributed by atoms with Crippen LogP contribution in [0.25, 0.3) is 0 Å². The number of aliphatic hydroxyl groups is 1. The molecule has 0 fully saturated rings. The minimum atomic E-state index is -0.263. The predicted octanol–water partition coefficient (Wildman–Crippen LogP) is 2.83. The second-order valence-corrected chi connectivity index (χ2v) is 4.72. The first-order valence-corrected chi connectivity index (χ1v) is 6.93. The Balaban J connectivity index is 2.24. The highest BCUT2D eigenvalue weighted by molar-refractivity contribution is 9.09. The van der Waals surface area contributed by atoms with Crippen LogP contribution in [-0.2, 0) is 12.2 Å². The lowest BCUT2D eigenvalue weighted by Crippen LogP contribution is -2.10. The molecule has 1 unspecified atom stereocenters. The van der Waals surface area contributed by atoms with Gasteiger partial charge in [-0.3, -0.25) is 0 Å². The number of halogens is 1. The fourth-order valence-corrected chi connectivity index (χ4v) is 2.43. The SMILES string of the molecule is CCc1ccc(CSCC(O)CBr)o1. The van der Waals surface area contributed by atoms with Crippen molar-refractivity contribution in [3.63, 3.8) is 0 Å². The summed E-state index contributed by atoms with van der Waals surface area (Å²) in [6.07, 6.45) is 0.676. The third-order valence-electron chi connectivity index (χ3n) is 1.80. The Morgan fingerprint density at radius 3 is 2.79 bits per heavy atom. The van der Waals surface area contributed by atoms with E-state index < -0.39 is 0 Å². The summed E-state index contributed by atoms with van der Waals surface area (Å²) in [6.45, 7) is 2.07. The summed E-state index contributed by atoms with van der Waals surface area (Å²) in [5.74, 6) is 3.60. The van der Waals surface area contributed by atoms with Gasteiger partial charge in [0.25, 0.3) is 0 Å². The number of alkyl halides is 1. The molecule has 1 heterocycles. The first-order chi connectivity index (χ1) is 6.76. The van der Waals surface area contributed by atoms with Crippen molar-refractivity contribution in [1.82, 2.24) is 0 Å². The number of hydrogen-bond acceptors (Lipinski definition) is 3. The maximum absolute atomic E-state index is 9.29. The Kier molecular flexibility index (Phi) is 5.67. The first-order valence-electron chi connectivity index (χ1n) is 4.65. The molecule has 2 nitrogen and oxygen atoms in total. The normalized spacial score (nSPS) is 13.1. The van der Waals surface area contributed by atoms with Gasteiger partial charge in [-0.05, 0) is 12.1 Å². The molecule has 1 rings (SSSR count). The summed E-state index contributed by atoms with van der Waals surface area (Å²) in [5.41, 5.74) is 0. The Hall–Kier alpha value is 0.0700. The van der Waals surface area contributed by atoms with Gasteiger partial charge >= 0.3 is 0 Å². The molecule has 80 valence electrons. The lowest BCUT2D eigenvalue weighted by Gasteiger charge is -2.04. The molecule has 0 amide bonds. The summed E-state index contributed by atoms with van der Waals surface area (Å²) in [7, 11) is 0. The molecule has 0 aliphatic heterocycles. The van der Waals surface area contributed by atoms with Gasteiger partial charge in [0.05, 0.1) is 11.9 Å². The Morgan fingerprint density at radius 2 is 2.21 bits per heavy atom. The summed E-state index contributed by atoms with van der Waals surface area (Å²) in [6, 6.07) is 4.02. The van der Waals surface area contributed by atoms with Crippen molar-refractivity contribution in [2.24, 2.45) is 0 Å². The zero-order valence-corrected chi connectivity index (χ0v) is 10.6. The lowest BCUT2D eigenvalue weighted by atomic mass is 10.4. The standard InChI is InChI=1S/C10H15BrO2S/c1-2-9-3-4-10(13-9)7-14-6-8(12)5-11/h3-4,8,12H,2,5-7H2,1H3. The highest BCUT2D eigenvalue weighted by Crippen LogP contribution is 2.16. The van der Waals surface area contributed by atoms with Gasteiger partial charge in [-0.1, -0.05) is 22.9 Å². The molecule has 4 heteroatoms. The second-order valence-electron chi connectivity index (χ2n) is 3.04. The van der Waals surface area contributed by atoms with E-state index in [9.17, 15) is 5.11 Å². The quantitative estimate of drug-likeness (QED) is 0.813. The van der Waals surface area contributed by atoms with Crippen molar-refractivity contribution in [2.45, 2.75) is 25.2 Å². The largest absolute Gasteiger partial charge is 0.465 e. The molecule has 0 saturated carbocycles. The third-order valence-corrected chi connectivity index (χ3v) is 3.65. The van der Waals surface area contributed by atoms with E-state index in [-0.39, 0.29) is 6.10 Å². The molecule has 0 bridgehead atoms. The Morgan fingerprint density at radius 1 is 1.50 bits per heavy atom. The van der Waals surface area contributed by atoms with Gasteiger partial charge in [0.15, 0.2) is 0 Å². The fraction of sp³-hybridized carbons (Fsp3) is 0.600. The maximum Gasteiger partial charge on any atom is 0.114 e. The number of aliphatic hydroxyl groups excluding tert-OH is 1. The van der Waals surface area contributed by atoms with E-state index in [1.807, 2.05) is 12.1 Å². The lowest BCUT2D eigenvalue weighted by molar-refractivity contribution is 0.226. The number of hydrogen-bond donors (Lipinski definition) is 1. The summed E-state index contributed by atoms with van der Waals surface area (Å²) in [4.78, 5) is 0. The van der Waals surface area contributed by atoms with Gasteiger partial charge in [0.2, 0.25) is 0 Å². The predicted molar refractivity (Wildman–Crippen MR) is 64.0 cm³/mol. The number of rotatable bonds is 6. The van der Waals surface area contributed by atoms with Crippen LogP contribution in [-0.4, -0.2) is 22.3 Å². The molecule has 1 aromatic heterocycles. The summed E-state index contributed by atoms with van der Waals surface area (Å²) in [5, 5.41) is 9.93. The summed E-state index contributed by atoms with van der Waals surface area (Å²) < 4.78 is 5.53. The molecule has 1 atom stereocenters. The van der Waals surface area contributed by atoms with E-state index in [1.165, 1.54) is 0 Å². The molecule has 14 heavy (non-hydrogen) atoms. The minimum Gasteiger partial charge on any atom is -0.465 e. The van der Waals surface area contributed by atoms with Crippen LogP contribution in [0.15, 0.2) is 16.5 Å². The second kappa shape index (κ2) is 6.53. The van der Waals surface area contributed by atoms with Gasteiger partial charge in [0, 0.05) is 17.5 Å². The molecule has 0 aromatic carbocycles. The van der Waals surface area contributed by atoms with Crippen LogP contribution in [0.1, 0.15) is 18.4 Å². The third kappa shape index (κ3) is 4.07. The van der Waals surface area contributed by atoms with Crippen molar-refractivity contribution >= 4 is 27.7 Å². The van der Waals surface area contributed by atoms with Crippen LogP contribution in [0, 0.1) is 0 Å².